The highest BCUT2D eigenvalue weighted by atomic mass is 16.5. The lowest BCUT2D eigenvalue weighted by atomic mass is 10.1. The van der Waals surface area contributed by atoms with Crippen LogP contribution in [0.15, 0.2) is 103 Å². The van der Waals surface area contributed by atoms with E-state index >= 15 is 0 Å². The maximum atomic E-state index is 12.6. The van der Waals surface area contributed by atoms with E-state index in [0.29, 0.717) is 42.6 Å². The fourth-order valence-electron chi connectivity index (χ4n) is 3.47. The van der Waals surface area contributed by atoms with E-state index in [1.807, 2.05) is 91.0 Å². The van der Waals surface area contributed by atoms with Gasteiger partial charge in [-0.3, -0.25) is 0 Å². The van der Waals surface area contributed by atoms with Gasteiger partial charge in [0, 0.05) is 0 Å². The molecule has 0 saturated carbocycles. The first-order chi connectivity index (χ1) is 17.2. The van der Waals surface area contributed by atoms with Crippen LogP contribution in [-0.4, -0.2) is 12.6 Å². The SMILES string of the molecule is CCOC(=O)c1cc(OCc2ccccc2)c(OCc2ccccc2)c(OCc2ccccc2)c1. The Hall–Kier alpha value is -4.25. The van der Waals surface area contributed by atoms with Crippen LogP contribution in [0.1, 0.15) is 34.0 Å². The Morgan fingerprint density at radius 3 is 1.40 bits per heavy atom. The number of hydrogen-bond acceptors (Lipinski definition) is 5. The smallest absolute Gasteiger partial charge is 0.338 e. The summed E-state index contributed by atoms with van der Waals surface area (Å²) in [5.74, 6) is 0.821. The maximum absolute atomic E-state index is 12.6. The van der Waals surface area contributed by atoms with Crippen LogP contribution >= 0.6 is 0 Å². The summed E-state index contributed by atoms with van der Waals surface area (Å²) in [5.41, 5.74) is 3.33. The van der Waals surface area contributed by atoms with Gasteiger partial charge in [-0.15, -0.1) is 0 Å². The summed E-state index contributed by atoms with van der Waals surface area (Å²) >= 11 is 0. The zero-order valence-electron chi connectivity index (χ0n) is 19.7. The van der Waals surface area contributed by atoms with Gasteiger partial charge in [0.25, 0.3) is 0 Å². The van der Waals surface area contributed by atoms with E-state index in [-0.39, 0.29) is 6.61 Å². The molecule has 0 N–H and O–H groups in total. The van der Waals surface area contributed by atoms with Crippen LogP contribution in [0.2, 0.25) is 0 Å². The molecule has 0 aliphatic rings. The second-order valence-electron chi connectivity index (χ2n) is 7.84. The molecule has 0 aliphatic heterocycles. The molecule has 0 atom stereocenters. The third-order valence-electron chi connectivity index (χ3n) is 5.23. The largest absolute Gasteiger partial charge is 0.485 e. The van der Waals surface area contributed by atoms with Crippen molar-refractivity contribution in [1.29, 1.82) is 0 Å². The zero-order valence-corrected chi connectivity index (χ0v) is 19.7. The highest BCUT2D eigenvalue weighted by Crippen LogP contribution is 2.40. The minimum atomic E-state index is -0.448. The third-order valence-corrected chi connectivity index (χ3v) is 5.23. The van der Waals surface area contributed by atoms with Crippen molar-refractivity contribution in [2.45, 2.75) is 26.7 Å². The van der Waals surface area contributed by atoms with Crippen LogP contribution in [0.25, 0.3) is 0 Å². The van der Waals surface area contributed by atoms with E-state index < -0.39 is 5.97 Å². The van der Waals surface area contributed by atoms with E-state index in [4.69, 9.17) is 18.9 Å². The number of benzene rings is 4. The standard InChI is InChI=1S/C30H28O5/c1-2-32-30(31)26-18-27(33-20-23-12-6-3-7-13-23)29(35-22-25-16-10-5-11-17-25)28(19-26)34-21-24-14-8-4-9-15-24/h3-19H,2,20-22H2,1H3. The average Bonchev–Trinajstić information content (AvgIpc) is 2.91. The molecule has 4 aromatic rings. The lowest BCUT2D eigenvalue weighted by molar-refractivity contribution is 0.0525. The van der Waals surface area contributed by atoms with Gasteiger partial charge in [0.2, 0.25) is 5.75 Å². The summed E-state index contributed by atoms with van der Waals surface area (Å²) in [6.07, 6.45) is 0. The van der Waals surface area contributed by atoms with Crippen molar-refractivity contribution in [2.24, 2.45) is 0 Å². The summed E-state index contributed by atoms with van der Waals surface area (Å²) in [4.78, 5) is 12.6. The molecule has 0 saturated heterocycles. The van der Waals surface area contributed by atoms with Gasteiger partial charge in [0.05, 0.1) is 12.2 Å². The number of hydrogen-bond donors (Lipinski definition) is 0. The number of carbonyl (C=O) groups is 1. The van der Waals surface area contributed by atoms with Crippen molar-refractivity contribution in [1.82, 2.24) is 0 Å². The normalized spacial score (nSPS) is 10.4. The molecule has 0 heterocycles. The summed E-state index contributed by atoms with van der Waals surface area (Å²) in [5, 5.41) is 0. The first kappa shape index (κ1) is 23.9. The maximum Gasteiger partial charge on any atom is 0.338 e. The van der Waals surface area contributed by atoms with Crippen LogP contribution in [0, 0.1) is 0 Å². The Balaban J connectivity index is 1.68. The quantitative estimate of drug-likeness (QED) is 0.232. The Morgan fingerprint density at radius 1 is 0.600 bits per heavy atom. The number of carbonyl (C=O) groups excluding carboxylic acids is 1. The Bertz CT molecular complexity index is 1140. The zero-order chi connectivity index (χ0) is 24.3. The van der Waals surface area contributed by atoms with Crippen LogP contribution in [-0.2, 0) is 24.6 Å². The highest BCUT2D eigenvalue weighted by Gasteiger charge is 2.20. The molecule has 5 nitrogen and oxygen atoms in total. The van der Waals surface area contributed by atoms with Crippen molar-refractivity contribution in [3.05, 3.63) is 125 Å². The van der Waals surface area contributed by atoms with Gasteiger partial charge in [-0.25, -0.2) is 4.79 Å². The Morgan fingerprint density at radius 2 is 1.00 bits per heavy atom. The fourth-order valence-corrected chi connectivity index (χ4v) is 3.47. The molecule has 178 valence electrons. The van der Waals surface area contributed by atoms with E-state index in [9.17, 15) is 4.79 Å². The number of rotatable bonds is 11. The molecular weight excluding hydrogens is 440 g/mol. The van der Waals surface area contributed by atoms with Crippen molar-refractivity contribution in [3.8, 4) is 17.2 Å². The summed E-state index contributed by atoms with van der Waals surface area (Å²) in [6, 6.07) is 32.8. The fraction of sp³-hybridized carbons (Fsp3) is 0.167. The average molecular weight is 469 g/mol. The second-order valence-corrected chi connectivity index (χ2v) is 7.84. The van der Waals surface area contributed by atoms with Gasteiger partial charge >= 0.3 is 5.97 Å². The van der Waals surface area contributed by atoms with E-state index in [1.54, 1.807) is 19.1 Å². The molecule has 0 spiro atoms. The molecule has 0 amide bonds. The monoisotopic (exact) mass is 468 g/mol. The third kappa shape index (κ3) is 6.87. The van der Waals surface area contributed by atoms with Gasteiger partial charge in [-0.2, -0.15) is 0 Å². The molecule has 0 unspecified atom stereocenters. The molecule has 0 bridgehead atoms. The lowest BCUT2D eigenvalue weighted by Crippen LogP contribution is -2.09. The van der Waals surface area contributed by atoms with Gasteiger partial charge in [-0.05, 0) is 35.7 Å². The van der Waals surface area contributed by atoms with Crippen LogP contribution in [0.5, 0.6) is 17.2 Å². The molecule has 0 radical (unpaired) electrons. The molecule has 4 aromatic carbocycles. The molecular formula is C30H28O5. The molecule has 4 rings (SSSR count). The van der Waals surface area contributed by atoms with Crippen LogP contribution in [0.4, 0.5) is 0 Å². The van der Waals surface area contributed by atoms with Gasteiger partial charge in [0.1, 0.15) is 19.8 Å². The molecule has 0 aromatic heterocycles. The van der Waals surface area contributed by atoms with Crippen molar-refractivity contribution < 1.29 is 23.7 Å². The molecule has 0 fully saturated rings. The first-order valence-electron chi connectivity index (χ1n) is 11.6. The topological polar surface area (TPSA) is 54.0 Å². The van der Waals surface area contributed by atoms with Gasteiger partial charge in [0.15, 0.2) is 11.5 Å². The van der Waals surface area contributed by atoms with Gasteiger partial charge < -0.3 is 18.9 Å². The summed E-state index contributed by atoms with van der Waals surface area (Å²) in [7, 11) is 0. The Labute approximate surface area is 205 Å². The van der Waals surface area contributed by atoms with E-state index in [1.165, 1.54) is 0 Å². The van der Waals surface area contributed by atoms with E-state index in [0.717, 1.165) is 16.7 Å². The van der Waals surface area contributed by atoms with Crippen LogP contribution < -0.4 is 14.2 Å². The first-order valence-corrected chi connectivity index (χ1v) is 11.6. The minimum absolute atomic E-state index is 0.269. The van der Waals surface area contributed by atoms with Crippen molar-refractivity contribution >= 4 is 5.97 Å². The number of ether oxygens (including phenoxy) is 4. The minimum Gasteiger partial charge on any atom is -0.485 e. The highest BCUT2D eigenvalue weighted by molar-refractivity contribution is 5.91. The summed E-state index contributed by atoms with van der Waals surface area (Å²) in [6.45, 7) is 2.99. The predicted molar refractivity (Wildman–Crippen MR) is 135 cm³/mol. The van der Waals surface area contributed by atoms with E-state index in [2.05, 4.69) is 0 Å². The summed E-state index contributed by atoms with van der Waals surface area (Å²) < 4.78 is 23.8. The van der Waals surface area contributed by atoms with Crippen molar-refractivity contribution in [2.75, 3.05) is 6.61 Å². The van der Waals surface area contributed by atoms with Crippen molar-refractivity contribution in [3.63, 3.8) is 0 Å². The lowest BCUT2D eigenvalue weighted by Gasteiger charge is -2.19. The van der Waals surface area contributed by atoms with Gasteiger partial charge in [-0.1, -0.05) is 91.0 Å². The molecule has 5 heteroatoms. The molecule has 35 heavy (non-hydrogen) atoms. The second kappa shape index (κ2) is 12.3. The predicted octanol–water partition coefficient (Wildman–Crippen LogP) is 6.60. The Kier molecular flexibility index (Phi) is 8.38. The molecule has 0 aliphatic carbocycles. The number of esters is 1. The van der Waals surface area contributed by atoms with Crippen LogP contribution in [0.3, 0.4) is 0 Å².